The van der Waals surface area contributed by atoms with E-state index in [1.165, 1.54) is 0 Å². The second-order valence-corrected chi connectivity index (χ2v) is 11.3. The zero-order valence-corrected chi connectivity index (χ0v) is 23.6. The minimum Gasteiger partial charge on any atom is -0.377 e. The number of hydrogen-bond donors (Lipinski definition) is 2. The summed E-state index contributed by atoms with van der Waals surface area (Å²) in [6, 6.07) is 31.3. The Hall–Kier alpha value is -3.28. The van der Waals surface area contributed by atoms with Crippen molar-refractivity contribution < 1.29 is 19.7 Å². The van der Waals surface area contributed by atoms with Crippen molar-refractivity contribution in [2.45, 2.75) is 70.7 Å². The van der Waals surface area contributed by atoms with Crippen LogP contribution in [0.5, 0.6) is 0 Å². The Labute approximate surface area is 231 Å². The van der Waals surface area contributed by atoms with E-state index in [4.69, 9.17) is 9.47 Å². The standard InChI is InChI=1S/C35H38O4/c1-23-15-7-11-19-27(23)34(36,28-20-12-8-16-24(28)2)31-32(39-33(5,6)38-31)35(37,29-21-13-9-17-25(29)3)30-22-14-10-18-26(30)4/h7-22,31-32,36-37H,1-6H3/t31-,32-/m1/s1. The summed E-state index contributed by atoms with van der Waals surface area (Å²) in [4.78, 5) is 0. The van der Waals surface area contributed by atoms with E-state index in [2.05, 4.69) is 0 Å². The van der Waals surface area contributed by atoms with E-state index in [0.717, 1.165) is 22.3 Å². The molecule has 0 amide bonds. The van der Waals surface area contributed by atoms with Crippen LogP contribution in [0.15, 0.2) is 97.1 Å². The molecule has 2 atom stereocenters. The fraction of sp³-hybridized carbons (Fsp3) is 0.314. The molecule has 4 nitrogen and oxygen atoms in total. The molecule has 0 bridgehead atoms. The van der Waals surface area contributed by atoms with Crippen LogP contribution in [0.25, 0.3) is 0 Å². The highest BCUT2D eigenvalue weighted by atomic mass is 16.8. The van der Waals surface area contributed by atoms with Crippen molar-refractivity contribution in [3.8, 4) is 0 Å². The number of benzene rings is 4. The summed E-state index contributed by atoms with van der Waals surface area (Å²) in [5.41, 5.74) is 3.29. The third-order valence-corrected chi connectivity index (χ3v) is 8.14. The van der Waals surface area contributed by atoms with Crippen LogP contribution in [0.2, 0.25) is 0 Å². The minimum absolute atomic E-state index is 0.715. The molecule has 1 fully saturated rings. The zero-order valence-electron chi connectivity index (χ0n) is 23.6. The molecule has 0 radical (unpaired) electrons. The van der Waals surface area contributed by atoms with E-state index in [1.807, 2.05) is 139 Å². The molecule has 1 aliphatic heterocycles. The molecule has 0 unspecified atom stereocenters. The third-order valence-electron chi connectivity index (χ3n) is 8.14. The molecule has 4 heteroatoms. The summed E-state index contributed by atoms with van der Waals surface area (Å²) in [5, 5.41) is 26.2. The highest BCUT2D eigenvalue weighted by molar-refractivity contribution is 5.50. The third kappa shape index (κ3) is 4.52. The van der Waals surface area contributed by atoms with Crippen LogP contribution in [0.3, 0.4) is 0 Å². The topological polar surface area (TPSA) is 58.9 Å². The van der Waals surface area contributed by atoms with E-state index in [-0.39, 0.29) is 0 Å². The van der Waals surface area contributed by atoms with Gasteiger partial charge >= 0.3 is 0 Å². The van der Waals surface area contributed by atoms with E-state index in [1.54, 1.807) is 0 Å². The number of aliphatic hydroxyl groups is 2. The molecule has 0 aromatic heterocycles. The molecule has 202 valence electrons. The fourth-order valence-electron chi connectivity index (χ4n) is 6.28. The van der Waals surface area contributed by atoms with Gasteiger partial charge in [0.15, 0.2) is 5.79 Å². The van der Waals surface area contributed by atoms with Gasteiger partial charge in [0, 0.05) is 0 Å². The van der Waals surface area contributed by atoms with Gasteiger partial charge in [-0.3, -0.25) is 0 Å². The lowest BCUT2D eigenvalue weighted by molar-refractivity contribution is -0.172. The Morgan fingerprint density at radius 3 is 0.949 bits per heavy atom. The normalized spacial score (nSPS) is 19.3. The Kier molecular flexibility index (Phi) is 7.02. The second kappa shape index (κ2) is 10.0. The van der Waals surface area contributed by atoms with E-state index in [9.17, 15) is 10.2 Å². The quantitative estimate of drug-likeness (QED) is 0.299. The maximum absolute atomic E-state index is 13.1. The van der Waals surface area contributed by atoms with Crippen LogP contribution in [-0.2, 0) is 20.7 Å². The molecule has 0 saturated carbocycles. The molecule has 0 spiro atoms. The molecule has 4 aromatic rings. The lowest BCUT2D eigenvalue weighted by atomic mass is 9.69. The highest BCUT2D eigenvalue weighted by Crippen LogP contribution is 2.52. The Balaban J connectivity index is 1.85. The van der Waals surface area contributed by atoms with E-state index < -0.39 is 29.2 Å². The molecule has 4 aromatic carbocycles. The van der Waals surface area contributed by atoms with E-state index in [0.29, 0.717) is 22.3 Å². The van der Waals surface area contributed by atoms with Crippen molar-refractivity contribution in [2.24, 2.45) is 0 Å². The molecule has 1 heterocycles. The Bertz CT molecular complexity index is 1290. The molecular weight excluding hydrogens is 484 g/mol. The van der Waals surface area contributed by atoms with Crippen LogP contribution in [0.4, 0.5) is 0 Å². The lowest BCUT2D eigenvalue weighted by Gasteiger charge is -2.44. The summed E-state index contributed by atoms with van der Waals surface area (Å²) in [5.74, 6) is -1.08. The first kappa shape index (κ1) is 27.3. The van der Waals surface area contributed by atoms with Crippen molar-refractivity contribution in [1.82, 2.24) is 0 Å². The van der Waals surface area contributed by atoms with Gasteiger partial charge in [0.05, 0.1) is 0 Å². The molecule has 2 N–H and O–H groups in total. The van der Waals surface area contributed by atoms with Gasteiger partial charge in [0.2, 0.25) is 0 Å². The Morgan fingerprint density at radius 1 is 0.487 bits per heavy atom. The van der Waals surface area contributed by atoms with Gasteiger partial charge in [-0.2, -0.15) is 0 Å². The van der Waals surface area contributed by atoms with Crippen LogP contribution in [0.1, 0.15) is 58.4 Å². The van der Waals surface area contributed by atoms with E-state index >= 15 is 0 Å². The molecule has 1 aliphatic rings. The number of hydrogen-bond acceptors (Lipinski definition) is 4. The van der Waals surface area contributed by atoms with Crippen LogP contribution < -0.4 is 0 Å². The summed E-state index contributed by atoms with van der Waals surface area (Å²) in [6.07, 6.45) is -1.92. The maximum Gasteiger partial charge on any atom is 0.164 e. The summed E-state index contributed by atoms with van der Waals surface area (Å²) < 4.78 is 13.4. The lowest BCUT2D eigenvalue weighted by Crippen LogP contribution is -2.55. The number of aryl methyl sites for hydroxylation is 4. The molecule has 39 heavy (non-hydrogen) atoms. The second-order valence-electron chi connectivity index (χ2n) is 11.3. The molecular formula is C35H38O4. The van der Waals surface area contributed by atoms with Crippen LogP contribution in [-0.4, -0.2) is 28.2 Å². The summed E-state index contributed by atoms with van der Waals surface area (Å²) in [6.45, 7) is 11.6. The fourth-order valence-corrected chi connectivity index (χ4v) is 6.28. The molecule has 1 saturated heterocycles. The average Bonchev–Trinajstić information content (AvgIpc) is 3.25. The summed E-state index contributed by atoms with van der Waals surface area (Å²) in [7, 11) is 0. The van der Waals surface area contributed by atoms with Gasteiger partial charge in [-0.1, -0.05) is 97.1 Å². The SMILES string of the molecule is Cc1ccccc1C(O)(c1ccccc1C)[C@@H]1OC(C)(C)O[C@H]1C(O)(c1ccccc1C)c1ccccc1C. The van der Waals surface area contributed by atoms with Crippen molar-refractivity contribution in [3.05, 3.63) is 142 Å². The monoisotopic (exact) mass is 522 g/mol. The van der Waals surface area contributed by atoms with Crippen molar-refractivity contribution >= 4 is 0 Å². The van der Waals surface area contributed by atoms with Gasteiger partial charge in [-0.25, -0.2) is 0 Å². The predicted octanol–water partition coefficient (Wildman–Crippen LogP) is 6.61. The maximum atomic E-state index is 13.1. The first-order valence-corrected chi connectivity index (χ1v) is 13.5. The average molecular weight is 523 g/mol. The largest absolute Gasteiger partial charge is 0.377 e. The smallest absolute Gasteiger partial charge is 0.164 e. The Morgan fingerprint density at radius 2 is 0.718 bits per heavy atom. The first-order valence-electron chi connectivity index (χ1n) is 13.5. The van der Waals surface area contributed by atoms with Gasteiger partial charge in [0.1, 0.15) is 23.4 Å². The van der Waals surface area contributed by atoms with Crippen molar-refractivity contribution in [2.75, 3.05) is 0 Å². The molecule has 0 aliphatic carbocycles. The minimum atomic E-state index is -1.63. The highest BCUT2D eigenvalue weighted by Gasteiger charge is 2.62. The van der Waals surface area contributed by atoms with Gasteiger partial charge in [-0.15, -0.1) is 0 Å². The van der Waals surface area contributed by atoms with Gasteiger partial charge in [-0.05, 0) is 86.1 Å². The predicted molar refractivity (Wildman–Crippen MR) is 155 cm³/mol. The van der Waals surface area contributed by atoms with Crippen molar-refractivity contribution in [1.29, 1.82) is 0 Å². The number of ether oxygens (including phenoxy) is 2. The number of rotatable bonds is 6. The first-order chi connectivity index (χ1) is 18.5. The van der Waals surface area contributed by atoms with Crippen molar-refractivity contribution in [3.63, 3.8) is 0 Å². The van der Waals surface area contributed by atoms with Gasteiger partial charge in [0.25, 0.3) is 0 Å². The van der Waals surface area contributed by atoms with Crippen LogP contribution in [0, 0.1) is 27.7 Å². The summed E-state index contributed by atoms with van der Waals surface area (Å²) >= 11 is 0. The van der Waals surface area contributed by atoms with Crippen LogP contribution >= 0.6 is 0 Å². The molecule has 5 rings (SSSR count). The van der Waals surface area contributed by atoms with Gasteiger partial charge < -0.3 is 19.7 Å². The zero-order chi connectivity index (χ0) is 28.0.